The van der Waals surface area contributed by atoms with Crippen LogP contribution < -0.4 is 11.0 Å². The molecule has 0 aliphatic carbocycles. The van der Waals surface area contributed by atoms with Gasteiger partial charge in [-0.25, -0.2) is 4.79 Å². The van der Waals surface area contributed by atoms with Gasteiger partial charge in [-0.2, -0.15) is 0 Å². The highest BCUT2D eigenvalue weighted by Gasteiger charge is 2.16. The normalized spacial score (nSPS) is 19.5. The molecule has 0 bridgehead atoms. The van der Waals surface area contributed by atoms with Crippen molar-refractivity contribution in [3.63, 3.8) is 0 Å². The van der Waals surface area contributed by atoms with Crippen LogP contribution in [0.1, 0.15) is 11.7 Å². The predicted molar refractivity (Wildman–Crippen MR) is 72.6 cm³/mol. The van der Waals surface area contributed by atoms with Crippen molar-refractivity contribution in [2.24, 2.45) is 7.05 Å². The molecule has 0 amide bonds. The first-order chi connectivity index (χ1) is 9.25. The van der Waals surface area contributed by atoms with Crippen molar-refractivity contribution in [3.8, 4) is 5.69 Å². The molecule has 1 fully saturated rings. The molecule has 2 heterocycles. The fraction of sp³-hybridized carbons (Fsp3) is 0.357. The van der Waals surface area contributed by atoms with Crippen molar-refractivity contribution < 1.29 is 4.74 Å². The minimum atomic E-state index is -0.0418. The molecule has 5 heteroatoms. The van der Waals surface area contributed by atoms with Gasteiger partial charge >= 0.3 is 5.69 Å². The summed E-state index contributed by atoms with van der Waals surface area (Å²) in [7, 11) is 1.75. The zero-order valence-corrected chi connectivity index (χ0v) is 10.9. The van der Waals surface area contributed by atoms with E-state index in [1.54, 1.807) is 28.6 Å². The van der Waals surface area contributed by atoms with Gasteiger partial charge in [-0.1, -0.05) is 12.1 Å². The molecule has 2 aromatic rings. The summed E-state index contributed by atoms with van der Waals surface area (Å²) in [4.78, 5) is 11.9. The van der Waals surface area contributed by atoms with Crippen molar-refractivity contribution in [1.82, 2.24) is 14.5 Å². The number of rotatable bonds is 2. The first kappa shape index (κ1) is 12.2. The summed E-state index contributed by atoms with van der Waals surface area (Å²) in [6.45, 7) is 2.43. The van der Waals surface area contributed by atoms with E-state index >= 15 is 0 Å². The van der Waals surface area contributed by atoms with E-state index in [1.807, 2.05) is 24.3 Å². The van der Waals surface area contributed by atoms with E-state index in [0.717, 1.165) is 30.9 Å². The summed E-state index contributed by atoms with van der Waals surface area (Å²) in [6.07, 6.45) is 3.60. The SMILES string of the molecule is Cn1ccn(-c2cccc(C3CNCCO3)c2)c1=O. The predicted octanol–water partition coefficient (Wildman–Crippen LogP) is 0.837. The smallest absolute Gasteiger partial charge is 0.332 e. The number of hydrogen-bond acceptors (Lipinski definition) is 3. The van der Waals surface area contributed by atoms with Gasteiger partial charge in [0.1, 0.15) is 0 Å². The molecule has 0 radical (unpaired) electrons. The van der Waals surface area contributed by atoms with Crippen molar-refractivity contribution in [2.45, 2.75) is 6.10 Å². The topological polar surface area (TPSA) is 48.2 Å². The maximum absolute atomic E-state index is 11.9. The van der Waals surface area contributed by atoms with Crippen molar-refractivity contribution in [1.29, 1.82) is 0 Å². The second-order valence-corrected chi connectivity index (χ2v) is 4.72. The largest absolute Gasteiger partial charge is 0.371 e. The fourth-order valence-electron chi connectivity index (χ4n) is 2.32. The molecule has 1 saturated heterocycles. The van der Waals surface area contributed by atoms with Crippen LogP contribution >= 0.6 is 0 Å². The van der Waals surface area contributed by atoms with Gasteiger partial charge in [0.2, 0.25) is 0 Å². The first-order valence-corrected chi connectivity index (χ1v) is 6.42. The third-order valence-corrected chi connectivity index (χ3v) is 3.39. The molecule has 1 aliphatic heterocycles. The molecule has 3 rings (SSSR count). The van der Waals surface area contributed by atoms with E-state index in [1.165, 1.54) is 0 Å². The van der Waals surface area contributed by atoms with E-state index in [4.69, 9.17) is 4.74 Å². The molecular weight excluding hydrogens is 242 g/mol. The molecule has 1 aromatic carbocycles. The van der Waals surface area contributed by atoms with Gasteiger partial charge in [0.15, 0.2) is 0 Å². The summed E-state index contributed by atoms with van der Waals surface area (Å²) < 4.78 is 8.93. The van der Waals surface area contributed by atoms with E-state index in [0.29, 0.717) is 0 Å². The maximum atomic E-state index is 11.9. The van der Waals surface area contributed by atoms with E-state index < -0.39 is 0 Å². The second-order valence-electron chi connectivity index (χ2n) is 4.72. The zero-order chi connectivity index (χ0) is 13.2. The molecule has 0 saturated carbocycles. The summed E-state index contributed by atoms with van der Waals surface area (Å²) in [5.74, 6) is 0. The fourth-order valence-corrected chi connectivity index (χ4v) is 2.32. The summed E-state index contributed by atoms with van der Waals surface area (Å²) >= 11 is 0. The van der Waals surface area contributed by atoms with Crippen LogP contribution in [0.5, 0.6) is 0 Å². The highest BCUT2D eigenvalue weighted by molar-refractivity contribution is 5.37. The van der Waals surface area contributed by atoms with Gasteiger partial charge in [0.05, 0.1) is 18.4 Å². The van der Waals surface area contributed by atoms with Gasteiger partial charge in [-0.3, -0.25) is 4.57 Å². The number of nitrogens with zero attached hydrogens (tertiary/aromatic N) is 2. The van der Waals surface area contributed by atoms with Crippen LogP contribution in [0, 0.1) is 0 Å². The number of aromatic nitrogens is 2. The van der Waals surface area contributed by atoms with Crippen LogP contribution in [0.2, 0.25) is 0 Å². The summed E-state index contributed by atoms with van der Waals surface area (Å²) in [5, 5.41) is 3.31. The Kier molecular flexibility index (Phi) is 3.23. The van der Waals surface area contributed by atoms with E-state index in [-0.39, 0.29) is 11.8 Å². The van der Waals surface area contributed by atoms with Gasteiger partial charge in [0, 0.05) is 32.5 Å². The van der Waals surface area contributed by atoms with Gasteiger partial charge < -0.3 is 14.6 Å². The molecule has 1 N–H and O–H groups in total. The first-order valence-electron chi connectivity index (χ1n) is 6.42. The molecular formula is C14H17N3O2. The number of benzene rings is 1. The Morgan fingerprint density at radius 1 is 1.37 bits per heavy atom. The highest BCUT2D eigenvalue weighted by Crippen LogP contribution is 2.20. The maximum Gasteiger partial charge on any atom is 0.332 e. The minimum absolute atomic E-state index is 0.0418. The molecule has 1 aliphatic rings. The molecule has 19 heavy (non-hydrogen) atoms. The molecule has 0 spiro atoms. The lowest BCUT2D eigenvalue weighted by Gasteiger charge is -2.24. The number of aryl methyl sites for hydroxylation is 1. The Morgan fingerprint density at radius 2 is 2.26 bits per heavy atom. The molecule has 1 atom stereocenters. The Morgan fingerprint density at radius 3 is 2.95 bits per heavy atom. The molecule has 1 aromatic heterocycles. The third-order valence-electron chi connectivity index (χ3n) is 3.39. The number of imidazole rings is 1. The monoisotopic (exact) mass is 259 g/mol. The van der Waals surface area contributed by atoms with Crippen LogP contribution in [0.3, 0.4) is 0 Å². The quantitative estimate of drug-likeness (QED) is 0.869. The third kappa shape index (κ3) is 2.34. The lowest BCUT2D eigenvalue weighted by molar-refractivity contribution is 0.0277. The Labute approximate surface area is 111 Å². The molecule has 1 unspecified atom stereocenters. The lowest BCUT2D eigenvalue weighted by Crippen LogP contribution is -2.33. The number of morpholine rings is 1. The van der Waals surface area contributed by atoms with Gasteiger partial charge in [-0.05, 0) is 17.7 Å². The average Bonchev–Trinajstić information content (AvgIpc) is 2.80. The second kappa shape index (κ2) is 5.03. The Balaban J connectivity index is 1.95. The average molecular weight is 259 g/mol. The Hall–Kier alpha value is -1.85. The molecule has 5 nitrogen and oxygen atoms in total. The number of hydrogen-bond donors (Lipinski definition) is 1. The zero-order valence-electron chi connectivity index (χ0n) is 10.9. The van der Waals surface area contributed by atoms with Crippen molar-refractivity contribution in [3.05, 3.63) is 52.7 Å². The minimum Gasteiger partial charge on any atom is -0.371 e. The van der Waals surface area contributed by atoms with Crippen molar-refractivity contribution in [2.75, 3.05) is 19.7 Å². The van der Waals surface area contributed by atoms with Crippen LogP contribution in [-0.4, -0.2) is 28.8 Å². The number of nitrogens with one attached hydrogen (secondary N) is 1. The van der Waals surface area contributed by atoms with Crippen molar-refractivity contribution >= 4 is 0 Å². The van der Waals surface area contributed by atoms with Gasteiger partial charge in [-0.15, -0.1) is 0 Å². The highest BCUT2D eigenvalue weighted by atomic mass is 16.5. The van der Waals surface area contributed by atoms with Crippen LogP contribution in [-0.2, 0) is 11.8 Å². The van der Waals surface area contributed by atoms with Crippen LogP contribution in [0.4, 0.5) is 0 Å². The van der Waals surface area contributed by atoms with Crippen LogP contribution in [0.15, 0.2) is 41.5 Å². The summed E-state index contributed by atoms with van der Waals surface area (Å²) in [5.41, 5.74) is 1.93. The summed E-state index contributed by atoms with van der Waals surface area (Å²) in [6, 6.07) is 7.94. The molecule has 100 valence electrons. The van der Waals surface area contributed by atoms with E-state index in [2.05, 4.69) is 5.32 Å². The standard InChI is InChI=1S/C14H17N3O2/c1-16-6-7-17(14(16)18)12-4-2-3-11(9-12)13-10-15-5-8-19-13/h2-4,6-7,9,13,15H,5,8,10H2,1H3. The Bertz CT molecular complexity index is 624. The number of ether oxygens (including phenoxy) is 1. The van der Waals surface area contributed by atoms with Crippen LogP contribution in [0.25, 0.3) is 5.69 Å². The van der Waals surface area contributed by atoms with Gasteiger partial charge in [0.25, 0.3) is 0 Å². The lowest BCUT2D eigenvalue weighted by atomic mass is 10.1. The van der Waals surface area contributed by atoms with E-state index in [9.17, 15) is 4.79 Å².